The van der Waals surface area contributed by atoms with Crippen molar-refractivity contribution in [1.82, 2.24) is 0 Å². The molecule has 0 aliphatic carbocycles. The summed E-state index contributed by atoms with van der Waals surface area (Å²) in [5.41, 5.74) is 10.4. The number of hydrogen-bond acceptors (Lipinski definition) is 0. The highest BCUT2D eigenvalue weighted by atomic mass is 28.3. The van der Waals surface area contributed by atoms with E-state index in [1.807, 2.05) is 0 Å². The Morgan fingerprint density at radius 3 is 1.48 bits per heavy atom. The molecule has 0 spiro atoms. The molecule has 14 rings (SSSR count). The van der Waals surface area contributed by atoms with Crippen molar-refractivity contribution in [3.8, 4) is 44.5 Å². The van der Waals surface area contributed by atoms with E-state index in [1.165, 1.54) is 141 Å². The Balaban J connectivity index is 1.13. The fraction of sp³-hybridized carbons (Fsp3) is 0.0323. The average molecular weight is 813 g/mol. The third kappa shape index (κ3) is 4.86. The molecule has 0 nitrogen and oxygen atoms in total. The van der Waals surface area contributed by atoms with E-state index in [4.69, 9.17) is 0 Å². The van der Waals surface area contributed by atoms with E-state index in [2.05, 4.69) is 219 Å². The van der Waals surface area contributed by atoms with Crippen LogP contribution < -0.4 is 10.4 Å². The fourth-order valence-corrected chi connectivity index (χ4v) is 14.9. The average Bonchev–Trinajstić information content (AvgIpc) is 3.55. The second kappa shape index (κ2) is 12.7. The van der Waals surface area contributed by atoms with Gasteiger partial charge in [0.25, 0.3) is 0 Å². The molecule has 0 bridgehead atoms. The maximum Gasteiger partial charge on any atom is 0.113 e. The molecule has 0 saturated heterocycles. The Morgan fingerprint density at radius 1 is 0.254 bits per heavy atom. The van der Waals surface area contributed by atoms with E-state index < -0.39 is 8.07 Å². The molecule has 0 unspecified atom stereocenters. The van der Waals surface area contributed by atoms with Crippen LogP contribution in [0.15, 0.2) is 206 Å². The van der Waals surface area contributed by atoms with Crippen LogP contribution in [0.1, 0.15) is 0 Å². The van der Waals surface area contributed by atoms with Crippen molar-refractivity contribution < 1.29 is 0 Å². The first-order chi connectivity index (χ1) is 31.0. The van der Waals surface area contributed by atoms with Gasteiger partial charge in [0.15, 0.2) is 0 Å². The predicted molar refractivity (Wildman–Crippen MR) is 276 cm³/mol. The predicted octanol–water partition coefficient (Wildman–Crippen LogP) is 16.2. The normalized spacial score (nSPS) is 13.4. The summed E-state index contributed by atoms with van der Waals surface area (Å²) in [7, 11) is -2.01. The van der Waals surface area contributed by atoms with Crippen molar-refractivity contribution in [2.45, 2.75) is 13.1 Å². The van der Waals surface area contributed by atoms with Gasteiger partial charge in [0.1, 0.15) is 8.07 Å². The zero-order chi connectivity index (χ0) is 41.6. The molecule has 1 heterocycles. The maximum absolute atomic E-state index is 2.62. The first-order valence-electron chi connectivity index (χ1n) is 22.2. The number of hydrogen-bond donors (Lipinski definition) is 0. The summed E-state index contributed by atoms with van der Waals surface area (Å²) >= 11 is 0. The summed E-state index contributed by atoms with van der Waals surface area (Å²) in [5.74, 6) is 0. The van der Waals surface area contributed by atoms with Gasteiger partial charge in [-0.05, 0) is 165 Å². The lowest BCUT2D eigenvalue weighted by Crippen LogP contribution is -2.49. The van der Waals surface area contributed by atoms with Gasteiger partial charge in [0.2, 0.25) is 0 Å². The van der Waals surface area contributed by atoms with Crippen LogP contribution >= 0.6 is 0 Å². The van der Waals surface area contributed by atoms with E-state index in [-0.39, 0.29) is 0 Å². The monoisotopic (exact) mass is 812 g/mol. The highest BCUT2D eigenvalue weighted by molar-refractivity contribution is 7.04. The summed E-state index contributed by atoms with van der Waals surface area (Å²) in [4.78, 5) is 0. The maximum atomic E-state index is 2.62. The minimum atomic E-state index is -2.01. The van der Waals surface area contributed by atoms with Gasteiger partial charge in [0.05, 0.1) is 0 Å². The van der Waals surface area contributed by atoms with Crippen molar-refractivity contribution in [2.75, 3.05) is 0 Å². The molecule has 0 fully saturated rings. The van der Waals surface area contributed by atoms with Crippen molar-refractivity contribution in [3.63, 3.8) is 0 Å². The van der Waals surface area contributed by atoms with Gasteiger partial charge in [-0.25, -0.2) is 0 Å². The molecule has 13 aromatic rings. The van der Waals surface area contributed by atoms with E-state index in [1.54, 1.807) is 0 Å². The molecular weight excluding hydrogens is 773 g/mol. The van der Waals surface area contributed by atoms with Gasteiger partial charge in [0, 0.05) is 0 Å². The molecule has 0 radical (unpaired) electrons. The summed E-state index contributed by atoms with van der Waals surface area (Å²) in [6.45, 7) is 5.08. The van der Waals surface area contributed by atoms with Crippen LogP contribution in [-0.2, 0) is 0 Å². The lowest BCUT2D eigenvalue weighted by Gasteiger charge is -2.23. The largest absolute Gasteiger partial charge is 0.113 e. The molecule has 292 valence electrons. The molecule has 1 aliphatic rings. The molecule has 0 amide bonds. The van der Waals surface area contributed by atoms with Gasteiger partial charge >= 0.3 is 0 Å². The molecule has 0 saturated carbocycles. The lowest BCUT2D eigenvalue weighted by atomic mass is 9.82. The smallest absolute Gasteiger partial charge is 0.0623 e. The molecule has 0 N–H and O–H groups in total. The SMILES string of the molecule is C[Si]1(C)c2ccccc2-c2cc3c(-c4ccc5ccccc5c4)c4ccc(-c5ccc6c7cccc8cccc(c9cccc5c96)c87)cc4c(-c4ccc5ccccc5c4)c3cc21. The van der Waals surface area contributed by atoms with Crippen LogP contribution in [-0.4, -0.2) is 8.07 Å². The fourth-order valence-electron chi connectivity index (χ4n) is 11.8. The number of benzene rings is 13. The molecule has 0 aromatic heterocycles. The third-order valence-corrected chi connectivity index (χ3v) is 18.3. The topological polar surface area (TPSA) is 0 Å². The number of fused-ring (bicyclic) bond motifs is 9. The van der Waals surface area contributed by atoms with Crippen LogP contribution in [0.4, 0.5) is 0 Å². The van der Waals surface area contributed by atoms with Crippen LogP contribution in [0.5, 0.6) is 0 Å². The van der Waals surface area contributed by atoms with Crippen LogP contribution in [0.2, 0.25) is 13.1 Å². The zero-order valence-corrected chi connectivity index (χ0v) is 36.1. The Labute approximate surface area is 366 Å². The molecule has 13 aromatic carbocycles. The Bertz CT molecular complexity index is 4060. The van der Waals surface area contributed by atoms with Gasteiger partial charge < -0.3 is 0 Å². The molecule has 0 atom stereocenters. The zero-order valence-electron chi connectivity index (χ0n) is 35.1. The Morgan fingerprint density at radius 2 is 0.762 bits per heavy atom. The van der Waals surface area contributed by atoms with Gasteiger partial charge in [-0.1, -0.05) is 195 Å². The quantitative estimate of drug-likeness (QED) is 0.0947. The van der Waals surface area contributed by atoms with E-state index >= 15 is 0 Å². The Hall–Kier alpha value is -7.58. The Kier molecular flexibility index (Phi) is 7.09. The highest BCUT2D eigenvalue weighted by Crippen LogP contribution is 2.49. The standard InChI is InChI=1S/C62H40Si/c1-63(2)57-23-8-7-18-46(57)53-35-55-56(36-58(53)63)61(44-27-25-38-13-4-6-15-41(38)33-44)54-34-42(28-29-52(54)60(55)43-26-24-37-12-3-5-14-40(37)32-43)45-30-31-51-49-20-10-17-39-16-9-19-48(59(39)49)50-22-11-21-47(45)62(50)51/h3-36H,1-2H3. The van der Waals surface area contributed by atoms with Crippen LogP contribution in [0.25, 0.3) is 131 Å². The summed E-state index contributed by atoms with van der Waals surface area (Å²) < 4.78 is 0. The van der Waals surface area contributed by atoms with Crippen LogP contribution in [0, 0.1) is 0 Å². The van der Waals surface area contributed by atoms with Crippen molar-refractivity contribution in [1.29, 1.82) is 0 Å². The second-order valence-electron chi connectivity index (χ2n) is 18.3. The van der Waals surface area contributed by atoms with Gasteiger partial charge in [-0.15, -0.1) is 0 Å². The van der Waals surface area contributed by atoms with E-state index in [0.717, 1.165) is 0 Å². The summed E-state index contributed by atoms with van der Waals surface area (Å²) in [6.07, 6.45) is 0. The minimum absolute atomic E-state index is 1.23. The van der Waals surface area contributed by atoms with Crippen LogP contribution in [0.3, 0.4) is 0 Å². The summed E-state index contributed by atoms with van der Waals surface area (Å²) in [5, 5.41) is 23.8. The first-order valence-corrected chi connectivity index (χ1v) is 25.2. The summed E-state index contributed by atoms with van der Waals surface area (Å²) in [6, 6.07) is 78.7. The lowest BCUT2D eigenvalue weighted by molar-refractivity contribution is 1.67. The van der Waals surface area contributed by atoms with E-state index in [0.29, 0.717) is 0 Å². The third-order valence-electron chi connectivity index (χ3n) is 14.7. The molecule has 1 aliphatic heterocycles. The van der Waals surface area contributed by atoms with Crippen molar-refractivity contribution in [2.24, 2.45) is 0 Å². The number of rotatable bonds is 3. The van der Waals surface area contributed by atoms with Crippen molar-refractivity contribution in [3.05, 3.63) is 206 Å². The second-order valence-corrected chi connectivity index (χ2v) is 22.7. The van der Waals surface area contributed by atoms with Gasteiger partial charge in [-0.3, -0.25) is 0 Å². The van der Waals surface area contributed by atoms with Crippen molar-refractivity contribution >= 4 is 105 Å². The first kappa shape index (κ1) is 35.1. The van der Waals surface area contributed by atoms with E-state index in [9.17, 15) is 0 Å². The molecule has 63 heavy (non-hydrogen) atoms. The van der Waals surface area contributed by atoms with Gasteiger partial charge in [-0.2, -0.15) is 0 Å². The minimum Gasteiger partial charge on any atom is -0.0623 e. The molecular formula is C62H40Si. The molecule has 1 heteroatoms. The highest BCUT2D eigenvalue weighted by Gasteiger charge is 2.38.